The number of sulfonamides is 1. The molecule has 1 aromatic carbocycles. The zero-order chi connectivity index (χ0) is 11.6. The van der Waals surface area contributed by atoms with Crippen LogP contribution in [0.15, 0.2) is 41.6 Å². The van der Waals surface area contributed by atoms with Gasteiger partial charge in [0.15, 0.2) is 0 Å². The minimum absolute atomic E-state index is 0.100. The van der Waals surface area contributed by atoms with Crippen LogP contribution in [0.1, 0.15) is 0 Å². The van der Waals surface area contributed by atoms with Crippen molar-refractivity contribution < 1.29 is 13.5 Å². The Morgan fingerprint density at radius 3 is 2.69 bits per heavy atom. The molecule has 1 aromatic heterocycles. The van der Waals surface area contributed by atoms with Crippen molar-refractivity contribution >= 4 is 16.0 Å². The van der Waals surface area contributed by atoms with Gasteiger partial charge in [-0.15, -0.1) is 0 Å². The number of phenolic OH excluding ortho intramolecular Hbond substituents is 1. The Kier molecular flexibility index (Phi) is 2.53. The summed E-state index contributed by atoms with van der Waals surface area (Å²) in [5, 5.41) is 9.42. The summed E-state index contributed by atoms with van der Waals surface area (Å²) >= 11 is 0. The zero-order valence-corrected chi connectivity index (χ0v) is 8.90. The van der Waals surface area contributed by atoms with Gasteiger partial charge in [-0.3, -0.25) is 0 Å². The van der Waals surface area contributed by atoms with Gasteiger partial charge in [0.1, 0.15) is 10.6 Å². The monoisotopic (exact) mass is 239 g/mol. The van der Waals surface area contributed by atoms with Gasteiger partial charge >= 0.3 is 0 Å². The molecule has 0 amide bonds. The van der Waals surface area contributed by atoms with Crippen LogP contribution in [0.25, 0.3) is 0 Å². The van der Waals surface area contributed by atoms with Gasteiger partial charge in [0.25, 0.3) is 10.0 Å². The molecule has 0 aliphatic rings. The fraction of sp³-hybridized carbons (Fsp3) is 0. The third-order valence-electron chi connectivity index (χ3n) is 1.88. The number of nitrogens with one attached hydrogen (secondary N) is 2. The third kappa shape index (κ3) is 1.98. The highest BCUT2D eigenvalue weighted by molar-refractivity contribution is 7.92. The number of imidazole rings is 1. The first kappa shape index (κ1) is 10.5. The molecular formula is C9H9N3O3S. The molecule has 0 fully saturated rings. The summed E-state index contributed by atoms with van der Waals surface area (Å²) in [6.45, 7) is 0. The van der Waals surface area contributed by atoms with Crippen molar-refractivity contribution in [2.75, 3.05) is 4.72 Å². The summed E-state index contributed by atoms with van der Waals surface area (Å²) in [6, 6.07) is 5.68. The Labute approximate surface area is 92.0 Å². The van der Waals surface area contributed by atoms with Gasteiger partial charge in [-0.25, -0.2) is 18.1 Å². The molecule has 6 nitrogen and oxygen atoms in total. The lowest BCUT2D eigenvalue weighted by molar-refractivity contribution is 0.459. The first-order chi connectivity index (χ1) is 7.59. The molecule has 0 atom stereocenters. The molecule has 2 rings (SSSR count). The van der Waals surface area contributed by atoms with Crippen molar-refractivity contribution in [3.05, 3.63) is 36.7 Å². The summed E-state index contributed by atoms with van der Waals surface area (Å²) in [6.07, 6.45) is 2.91. The van der Waals surface area contributed by atoms with E-state index < -0.39 is 10.0 Å². The molecule has 84 valence electrons. The highest BCUT2D eigenvalue weighted by Crippen LogP contribution is 2.22. The quantitative estimate of drug-likeness (QED) is 0.742. The van der Waals surface area contributed by atoms with Gasteiger partial charge in [-0.2, -0.15) is 0 Å². The van der Waals surface area contributed by atoms with Gasteiger partial charge in [0.2, 0.25) is 5.95 Å². The first-order valence-electron chi connectivity index (χ1n) is 4.40. The van der Waals surface area contributed by atoms with E-state index in [1.807, 2.05) is 0 Å². The summed E-state index contributed by atoms with van der Waals surface area (Å²) in [4.78, 5) is 6.14. The number of H-pyrrole nitrogens is 1. The van der Waals surface area contributed by atoms with Crippen LogP contribution >= 0.6 is 0 Å². The standard InChI is InChI=1S/C9H9N3O3S/c13-7-3-1-2-4-8(7)16(14,15)12-9-10-5-6-11-9/h1-6,13H,(H2,10,11,12). The molecule has 0 radical (unpaired) electrons. The number of para-hydroxylation sites is 1. The second kappa shape index (κ2) is 3.86. The van der Waals surface area contributed by atoms with Gasteiger partial charge in [0, 0.05) is 12.4 Å². The number of aromatic amines is 1. The number of hydrogen-bond acceptors (Lipinski definition) is 4. The van der Waals surface area contributed by atoms with E-state index in [1.54, 1.807) is 6.07 Å². The fourth-order valence-electron chi connectivity index (χ4n) is 1.19. The molecule has 0 unspecified atom stereocenters. The summed E-state index contributed by atoms with van der Waals surface area (Å²) < 4.78 is 25.8. The smallest absolute Gasteiger partial charge is 0.267 e. The van der Waals surface area contributed by atoms with Crippen molar-refractivity contribution in [3.63, 3.8) is 0 Å². The summed E-state index contributed by atoms with van der Waals surface area (Å²) in [5.41, 5.74) is 0. The highest BCUT2D eigenvalue weighted by Gasteiger charge is 2.18. The Morgan fingerprint density at radius 2 is 2.06 bits per heavy atom. The summed E-state index contributed by atoms with van der Waals surface area (Å²) in [7, 11) is -3.81. The number of rotatable bonds is 3. The maximum absolute atomic E-state index is 11.8. The Hall–Kier alpha value is -2.02. The number of phenols is 1. The van der Waals surface area contributed by atoms with Crippen molar-refractivity contribution in [1.29, 1.82) is 0 Å². The number of anilines is 1. The van der Waals surface area contributed by atoms with E-state index in [0.29, 0.717) is 0 Å². The van der Waals surface area contributed by atoms with Gasteiger partial charge in [0.05, 0.1) is 0 Å². The maximum Gasteiger partial charge on any atom is 0.267 e. The van der Waals surface area contributed by atoms with Crippen LogP contribution in [0.4, 0.5) is 5.95 Å². The normalized spacial score (nSPS) is 11.2. The topological polar surface area (TPSA) is 95.1 Å². The molecule has 3 N–H and O–H groups in total. The molecule has 0 bridgehead atoms. The van der Waals surface area contributed by atoms with Crippen LogP contribution in [-0.4, -0.2) is 23.5 Å². The number of aromatic nitrogens is 2. The lowest BCUT2D eigenvalue weighted by Gasteiger charge is -2.06. The molecular weight excluding hydrogens is 230 g/mol. The predicted octanol–water partition coefficient (Wildman–Crippen LogP) is 0.916. The van der Waals surface area contributed by atoms with Crippen molar-refractivity contribution in [3.8, 4) is 5.75 Å². The highest BCUT2D eigenvalue weighted by atomic mass is 32.2. The van der Waals surface area contributed by atoms with E-state index in [-0.39, 0.29) is 16.6 Å². The lowest BCUT2D eigenvalue weighted by atomic mass is 10.3. The van der Waals surface area contributed by atoms with E-state index >= 15 is 0 Å². The predicted molar refractivity (Wildman–Crippen MR) is 57.5 cm³/mol. The molecule has 0 spiro atoms. The molecule has 0 saturated carbocycles. The molecule has 2 aromatic rings. The lowest BCUT2D eigenvalue weighted by Crippen LogP contribution is -2.13. The van der Waals surface area contributed by atoms with E-state index in [4.69, 9.17) is 0 Å². The van der Waals surface area contributed by atoms with E-state index in [9.17, 15) is 13.5 Å². The van der Waals surface area contributed by atoms with Crippen LogP contribution in [0, 0.1) is 0 Å². The molecule has 16 heavy (non-hydrogen) atoms. The fourth-order valence-corrected chi connectivity index (χ4v) is 2.26. The van der Waals surface area contributed by atoms with Crippen molar-refractivity contribution in [2.24, 2.45) is 0 Å². The third-order valence-corrected chi connectivity index (χ3v) is 3.27. The second-order valence-electron chi connectivity index (χ2n) is 3.01. The number of aromatic hydroxyl groups is 1. The van der Waals surface area contributed by atoms with E-state index in [2.05, 4.69) is 14.7 Å². The first-order valence-corrected chi connectivity index (χ1v) is 5.88. The van der Waals surface area contributed by atoms with Crippen LogP contribution in [0.2, 0.25) is 0 Å². The summed E-state index contributed by atoms with van der Waals surface area (Å²) in [5.74, 6) is -0.204. The second-order valence-corrected chi connectivity index (χ2v) is 4.66. The van der Waals surface area contributed by atoms with Crippen molar-refractivity contribution in [2.45, 2.75) is 4.90 Å². The maximum atomic E-state index is 11.8. The largest absolute Gasteiger partial charge is 0.507 e. The number of nitrogens with zero attached hydrogens (tertiary/aromatic N) is 1. The average molecular weight is 239 g/mol. The molecule has 0 aliphatic carbocycles. The van der Waals surface area contributed by atoms with Crippen LogP contribution in [0.5, 0.6) is 5.75 Å². The van der Waals surface area contributed by atoms with Gasteiger partial charge in [-0.05, 0) is 12.1 Å². The van der Waals surface area contributed by atoms with E-state index in [1.165, 1.54) is 30.6 Å². The number of hydrogen-bond donors (Lipinski definition) is 3. The average Bonchev–Trinajstić information content (AvgIpc) is 2.70. The Bertz CT molecular complexity index is 578. The molecule has 0 aliphatic heterocycles. The minimum atomic E-state index is -3.81. The Balaban J connectivity index is 2.37. The molecule has 1 heterocycles. The molecule has 7 heteroatoms. The van der Waals surface area contributed by atoms with Gasteiger partial charge in [-0.1, -0.05) is 12.1 Å². The van der Waals surface area contributed by atoms with Crippen molar-refractivity contribution in [1.82, 2.24) is 9.97 Å². The van der Waals surface area contributed by atoms with Crippen LogP contribution < -0.4 is 4.72 Å². The Morgan fingerprint density at radius 1 is 1.31 bits per heavy atom. The number of benzene rings is 1. The van der Waals surface area contributed by atoms with E-state index in [0.717, 1.165) is 0 Å². The SMILES string of the molecule is O=S(=O)(Nc1ncc[nH]1)c1ccccc1O. The van der Waals surface area contributed by atoms with Crippen LogP contribution in [0.3, 0.4) is 0 Å². The minimum Gasteiger partial charge on any atom is -0.507 e. The van der Waals surface area contributed by atoms with Gasteiger partial charge < -0.3 is 10.1 Å². The molecule has 0 saturated heterocycles. The van der Waals surface area contributed by atoms with Crippen LogP contribution in [-0.2, 0) is 10.0 Å². The zero-order valence-electron chi connectivity index (χ0n) is 8.08.